The molecule has 1 N–H and O–H groups in total. The van der Waals surface area contributed by atoms with Gasteiger partial charge in [-0.2, -0.15) is 5.10 Å². The largest absolute Gasteiger partial charge is 0.278 e. The highest BCUT2D eigenvalue weighted by molar-refractivity contribution is 5.59. The van der Waals surface area contributed by atoms with E-state index in [0.29, 0.717) is 11.3 Å². The number of H-pyrrole nitrogens is 1. The molecular weight excluding hydrogens is 167 g/mol. The highest BCUT2D eigenvalue weighted by Crippen LogP contribution is 2.20. The van der Waals surface area contributed by atoms with E-state index in [9.17, 15) is 4.39 Å². The molecule has 2 rings (SSSR count). The minimum atomic E-state index is -0.218. The Morgan fingerprint density at radius 2 is 2.15 bits per heavy atom. The lowest BCUT2D eigenvalue weighted by Crippen LogP contribution is -1.85. The zero-order valence-corrected chi connectivity index (χ0v) is 7.21. The maximum atomic E-state index is 13.4. The molecule has 0 radical (unpaired) electrons. The van der Waals surface area contributed by atoms with Crippen molar-refractivity contribution in [3.63, 3.8) is 0 Å². The molecule has 0 atom stereocenters. The molecule has 1 heterocycles. The Kier molecular flexibility index (Phi) is 1.85. The van der Waals surface area contributed by atoms with Gasteiger partial charge in [-0.1, -0.05) is 6.07 Å². The molecular formula is C10H9FN2. The van der Waals surface area contributed by atoms with Gasteiger partial charge in [0.25, 0.3) is 0 Å². The first-order valence-corrected chi connectivity index (χ1v) is 4.03. The van der Waals surface area contributed by atoms with E-state index in [0.717, 1.165) is 5.56 Å². The first-order valence-electron chi connectivity index (χ1n) is 4.03. The van der Waals surface area contributed by atoms with Crippen LogP contribution in [0.5, 0.6) is 0 Å². The Labute approximate surface area is 75.4 Å². The molecule has 0 amide bonds. The second-order valence-corrected chi connectivity index (χ2v) is 2.95. The van der Waals surface area contributed by atoms with Crippen molar-refractivity contribution < 1.29 is 4.39 Å². The van der Waals surface area contributed by atoms with Crippen molar-refractivity contribution in [2.45, 2.75) is 6.92 Å². The van der Waals surface area contributed by atoms with E-state index >= 15 is 0 Å². The van der Waals surface area contributed by atoms with Crippen LogP contribution in [-0.2, 0) is 0 Å². The van der Waals surface area contributed by atoms with Gasteiger partial charge in [0.05, 0.1) is 5.69 Å². The molecule has 13 heavy (non-hydrogen) atoms. The monoisotopic (exact) mass is 176 g/mol. The fourth-order valence-electron chi connectivity index (χ4n) is 1.24. The number of aryl methyl sites for hydroxylation is 1. The van der Waals surface area contributed by atoms with Crippen molar-refractivity contribution in [3.05, 3.63) is 41.8 Å². The second kappa shape index (κ2) is 3.01. The molecule has 0 fully saturated rings. The number of hydrogen-bond acceptors (Lipinski definition) is 1. The van der Waals surface area contributed by atoms with Gasteiger partial charge in [0, 0.05) is 11.8 Å². The highest BCUT2D eigenvalue weighted by atomic mass is 19.1. The van der Waals surface area contributed by atoms with Gasteiger partial charge in [-0.15, -0.1) is 0 Å². The Balaban J connectivity index is 2.53. The molecule has 2 nitrogen and oxygen atoms in total. The van der Waals surface area contributed by atoms with Crippen molar-refractivity contribution in [2.75, 3.05) is 0 Å². The maximum absolute atomic E-state index is 13.4. The van der Waals surface area contributed by atoms with E-state index in [1.165, 1.54) is 6.07 Å². The molecule has 0 saturated carbocycles. The zero-order valence-electron chi connectivity index (χ0n) is 7.21. The second-order valence-electron chi connectivity index (χ2n) is 2.95. The molecule has 66 valence electrons. The van der Waals surface area contributed by atoms with Crippen molar-refractivity contribution in [1.82, 2.24) is 10.2 Å². The van der Waals surface area contributed by atoms with E-state index in [2.05, 4.69) is 10.2 Å². The van der Waals surface area contributed by atoms with E-state index in [1.54, 1.807) is 18.3 Å². The number of aromatic nitrogens is 2. The third kappa shape index (κ3) is 1.45. The summed E-state index contributed by atoms with van der Waals surface area (Å²) < 4.78 is 13.4. The number of hydrogen-bond donors (Lipinski definition) is 1. The topological polar surface area (TPSA) is 28.7 Å². The number of nitrogens with zero attached hydrogens (tertiary/aromatic N) is 1. The third-order valence-corrected chi connectivity index (χ3v) is 1.92. The fraction of sp³-hybridized carbons (Fsp3) is 0.100. The van der Waals surface area contributed by atoms with E-state index in [-0.39, 0.29) is 5.82 Å². The molecule has 0 aliphatic rings. The quantitative estimate of drug-likeness (QED) is 0.710. The van der Waals surface area contributed by atoms with Gasteiger partial charge in [0.1, 0.15) is 5.82 Å². The summed E-state index contributed by atoms with van der Waals surface area (Å²) in [5.41, 5.74) is 2.18. The van der Waals surface area contributed by atoms with E-state index < -0.39 is 0 Å². The van der Waals surface area contributed by atoms with Crippen molar-refractivity contribution in [2.24, 2.45) is 0 Å². The van der Waals surface area contributed by atoms with Gasteiger partial charge in [0.15, 0.2) is 0 Å². The van der Waals surface area contributed by atoms with Crippen LogP contribution in [0, 0.1) is 12.7 Å². The Morgan fingerprint density at radius 1 is 1.31 bits per heavy atom. The average Bonchev–Trinajstić information content (AvgIpc) is 2.56. The predicted octanol–water partition coefficient (Wildman–Crippen LogP) is 2.52. The first-order chi connectivity index (χ1) is 6.27. The first kappa shape index (κ1) is 7.98. The SMILES string of the molecule is Cc1ccc(-c2ccn[nH]2)c(F)c1. The summed E-state index contributed by atoms with van der Waals surface area (Å²) in [6.07, 6.45) is 1.61. The molecule has 0 spiro atoms. The zero-order chi connectivity index (χ0) is 9.26. The van der Waals surface area contributed by atoms with Crippen molar-refractivity contribution in [1.29, 1.82) is 0 Å². The van der Waals surface area contributed by atoms with Gasteiger partial charge in [-0.25, -0.2) is 4.39 Å². The molecule has 0 aliphatic carbocycles. The van der Waals surface area contributed by atoms with Crippen LogP contribution in [0.3, 0.4) is 0 Å². The number of rotatable bonds is 1. The van der Waals surface area contributed by atoms with Gasteiger partial charge in [0.2, 0.25) is 0 Å². The van der Waals surface area contributed by atoms with E-state index in [1.807, 2.05) is 13.0 Å². The molecule has 1 aromatic heterocycles. The number of nitrogens with one attached hydrogen (secondary N) is 1. The number of aromatic amines is 1. The molecule has 3 heteroatoms. The van der Waals surface area contributed by atoms with Gasteiger partial charge < -0.3 is 0 Å². The Bertz CT molecular complexity index is 407. The summed E-state index contributed by atoms with van der Waals surface area (Å²) in [5, 5.41) is 6.49. The summed E-state index contributed by atoms with van der Waals surface area (Å²) in [7, 11) is 0. The van der Waals surface area contributed by atoms with Crippen LogP contribution in [-0.4, -0.2) is 10.2 Å². The van der Waals surface area contributed by atoms with E-state index in [4.69, 9.17) is 0 Å². The van der Waals surface area contributed by atoms with Crippen LogP contribution in [0.1, 0.15) is 5.56 Å². The maximum Gasteiger partial charge on any atom is 0.132 e. The summed E-state index contributed by atoms with van der Waals surface area (Å²) in [6.45, 7) is 1.86. The molecule has 0 saturated heterocycles. The molecule has 0 aliphatic heterocycles. The van der Waals surface area contributed by atoms with Crippen LogP contribution < -0.4 is 0 Å². The lowest BCUT2D eigenvalue weighted by Gasteiger charge is -2.00. The fourth-order valence-corrected chi connectivity index (χ4v) is 1.24. The summed E-state index contributed by atoms with van der Waals surface area (Å²) in [6, 6.07) is 6.88. The smallest absolute Gasteiger partial charge is 0.132 e. The number of halogens is 1. The average molecular weight is 176 g/mol. The molecule has 1 aromatic carbocycles. The molecule has 0 bridgehead atoms. The standard InChI is InChI=1S/C10H9FN2/c1-7-2-3-8(9(11)6-7)10-4-5-12-13-10/h2-6H,1H3,(H,12,13). The minimum absolute atomic E-state index is 0.218. The van der Waals surface area contributed by atoms with Crippen molar-refractivity contribution >= 4 is 0 Å². The summed E-state index contributed by atoms with van der Waals surface area (Å²) in [5.74, 6) is -0.218. The normalized spacial score (nSPS) is 10.3. The minimum Gasteiger partial charge on any atom is -0.278 e. The predicted molar refractivity (Wildman–Crippen MR) is 48.7 cm³/mol. The highest BCUT2D eigenvalue weighted by Gasteiger charge is 2.04. The Hall–Kier alpha value is -1.64. The Morgan fingerprint density at radius 3 is 2.77 bits per heavy atom. The number of benzene rings is 1. The lowest BCUT2D eigenvalue weighted by molar-refractivity contribution is 0.629. The van der Waals surface area contributed by atoms with Crippen LogP contribution in [0.25, 0.3) is 11.3 Å². The van der Waals surface area contributed by atoms with Crippen LogP contribution in [0.2, 0.25) is 0 Å². The van der Waals surface area contributed by atoms with Crippen LogP contribution in [0.4, 0.5) is 4.39 Å². The van der Waals surface area contributed by atoms with Gasteiger partial charge in [-0.05, 0) is 30.7 Å². The van der Waals surface area contributed by atoms with Crippen LogP contribution >= 0.6 is 0 Å². The molecule has 0 unspecified atom stereocenters. The van der Waals surface area contributed by atoms with Gasteiger partial charge >= 0.3 is 0 Å². The molecule has 2 aromatic rings. The summed E-state index contributed by atoms with van der Waals surface area (Å²) in [4.78, 5) is 0. The lowest BCUT2D eigenvalue weighted by atomic mass is 10.1. The van der Waals surface area contributed by atoms with Gasteiger partial charge in [-0.3, -0.25) is 5.10 Å². The third-order valence-electron chi connectivity index (χ3n) is 1.92. The van der Waals surface area contributed by atoms with Crippen molar-refractivity contribution in [3.8, 4) is 11.3 Å². The summed E-state index contributed by atoms with van der Waals surface area (Å²) >= 11 is 0. The van der Waals surface area contributed by atoms with Crippen LogP contribution in [0.15, 0.2) is 30.5 Å².